The van der Waals surface area contributed by atoms with Crippen LogP contribution in [0.3, 0.4) is 0 Å². The first kappa shape index (κ1) is 13.4. The molecule has 1 N–H and O–H groups in total. The largest absolute Gasteiger partial charge is 0.358 e. The molecule has 102 valence electrons. The Kier molecular flexibility index (Phi) is 3.90. The highest BCUT2D eigenvalue weighted by atomic mass is 79.9. The Bertz CT molecular complexity index is 637. The van der Waals surface area contributed by atoms with E-state index in [1.54, 1.807) is 7.11 Å². The molecule has 0 radical (unpaired) electrons. The van der Waals surface area contributed by atoms with Crippen LogP contribution in [0.2, 0.25) is 0 Å². The first-order valence-electron chi connectivity index (χ1n) is 6.59. The fraction of sp³-hybridized carbons (Fsp3) is 0.176. The molecule has 0 amide bonds. The maximum absolute atomic E-state index is 5.57. The van der Waals surface area contributed by atoms with E-state index < -0.39 is 0 Å². The SMILES string of the molecule is COC1Nc2ccc(Br)cc2C=C1Cc1ccccc1. The van der Waals surface area contributed by atoms with E-state index in [1.165, 1.54) is 16.7 Å². The Balaban J connectivity index is 1.95. The van der Waals surface area contributed by atoms with Gasteiger partial charge in [-0.1, -0.05) is 46.3 Å². The van der Waals surface area contributed by atoms with Crippen LogP contribution in [0.4, 0.5) is 5.69 Å². The molecule has 1 unspecified atom stereocenters. The van der Waals surface area contributed by atoms with Gasteiger partial charge in [-0.05, 0) is 47.4 Å². The molecule has 3 heteroatoms. The topological polar surface area (TPSA) is 21.3 Å². The highest BCUT2D eigenvalue weighted by molar-refractivity contribution is 9.10. The van der Waals surface area contributed by atoms with Gasteiger partial charge < -0.3 is 10.1 Å². The summed E-state index contributed by atoms with van der Waals surface area (Å²) in [6, 6.07) is 16.7. The van der Waals surface area contributed by atoms with E-state index in [0.717, 1.165) is 16.6 Å². The molecule has 1 aliphatic heterocycles. The van der Waals surface area contributed by atoms with Crippen LogP contribution in [0.5, 0.6) is 0 Å². The Morgan fingerprint density at radius 2 is 1.95 bits per heavy atom. The summed E-state index contributed by atoms with van der Waals surface area (Å²) in [5, 5.41) is 3.43. The third-order valence-electron chi connectivity index (χ3n) is 3.46. The van der Waals surface area contributed by atoms with Gasteiger partial charge in [-0.25, -0.2) is 0 Å². The lowest BCUT2D eigenvalue weighted by atomic mass is 9.97. The van der Waals surface area contributed by atoms with E-state index in [-0.39, 0.29) is 6.23 Å². The first-order chi connectivity index (χ1) is 9.76. The standard InChI is InChI=1S/C17H16BrNO/c1-20-17-14(9-12-5-3-2-4-6-12)10-13-11-15(18)7-8-16(13)19-17/h2-8,10-11,17,19H,9H2,1H3. The van der Waals surface area contributed by atoms with Crippen molar-refractivity contribution in [3.63, 3.8) is 0 Å². The van der Waals surface area contributed by atoms with E-state index in [2.05, 4.69) is 63.7 Å². The van der Waals surface area contributed by atoms with Crippen LogP contribution in [-0.2, 0) is 11.2 Å². The van der Waals surface area contributed by atoms with Crippen molar-refractivity contribution in [1.82, 2.24) is 0 Å². The highest BCUT2D eigenvalue weighted by Gasteiger charge is 2.20. The predicted octanol–water partition coefficient (Wildman–Crippen LogP) is 4.47. The molecule has 2 nitrogen and oxygen atoms in total. The van der Waals surface area contributed by atoms with Crippen molar-refractivity contribution >= 4 is 27.7 Å². The maximum atomic E-state index is 5.57. The van der Waals surface area contributed by atoms with Crippen molar-refractivity contribution in [3.8, 4) is 0 Å². The van der Waals surface area contributed by atoms with Crippen LogP contribution in [0, 0.1) is 0 Å². The van der Waals surface area contributed by atoms with Gasteiger partial charge in [0.1, 0.15) is 6.23 Å². The van der Waals surface area contributed by atoms with Crippen LogP contribution >= 0.6 is 15.9 Å². The molecule has 0 aliphatic carbocycles. The zero-order chi connectivity index (χ0) is 13.9. The van der Waals surface area contributed by atoms with Crippen LogP contribution in [0.15, 0.2) is 58.6 Å². The molecule has 0 aromatic heterocycles. The third-order valence-corrected chi connectivity index (χ3v) is 3.96. The smallest absolute Gasteiger partial charge is 0.150 e. The van der Waals surface area contributed by atoms with E-state index in [1.807, 2.05) is 12.1 Å². The highest BCUT2D eigenvalue weighted by Crippen LogP contribution is 2.31. The Morgan fingerprint density at radius 3 is 2.70 bits per heavy atom. The van der Waals surface area contributed by atoms with Gasteiger partial charge in [0, 0.05) is 17.3 Å². The molecule has 3 rings (SSSR count). The van der Waals surface area contributed by atoms with Crippen molar-refractivity contribution in [2.75, 3.05) is 12.4 Å². The summed E-state index contributed by atoms with van der Waals surface area (Å²) in [4.78, 5) is 0. The molecule has 2 aromatic rings. The van der Waals surface area contributed by atoms with Crippen LogP contribution in [0.1, 0.15) is 11.1 Å². The van der Waals surface area contributed by atoms with E-state index >= 15 is 0 Å². The molecule has 0 saturated heterocycles. The average Bonchev–Trinajstić information content (AvgIpc) is 2.47. The van der Waals surface area contributed by atoms with Gasteiger partial charge in [-0.15, -0.1) is 0 Å². The molecule has 0 saturated carbocycles. The van der Waals surface area contributed by atoms with E-state index in [0.29, 0.717) is 0 Å². The number of rotatable bonds is 3. The second-order valence-corrected chi connectivity index (χ2v) is 5.79. The second-order valence-electron chi connectivity index (χ2n) is 4.87. The lowest BCUT2D eigenvalue weighted by molar-refractivity contribution is 0.152. The zero-order valence-corrected chi connectivity index (χ0v) is 12.9. The normalized spacial score (nSPS) is 17.1. The minimum atomic E-state index is -0.0659. The van der Waals surface area contributed by atoms with Gasteiger partial charge in [0.2, 0.25) is 0 Å². The molecule has 20 heavy (non-hydrogen) atoms. The summed E-state index contributed by atoms with van der Waals surface area (Å²) in [6.45, 7) is 0. The number of halogens is 1. The van der Waals surface area contributed by atoms with Gasteiger partial charge in [0.05, 0.1) is 0 Å². The van der Waals surface area contributed by atoms with Crippen molar-refractivity contribution in [2.45, 2.75) is 12.6 Å². The first-order valence-corrected chi connectivity index (χ1v) is 7.39. The number of hydrogen-bond acceptors (Lipinski definition) is 2. The number of nitrogens with one attached hydrogen (secondary N) is 1. The summed E-state index contributed by atoms with van der Waals surface area (Å²) >= 11 is 3.52. The number of methoxy groups -OCH3 is 1. The van der Waals surface area contributed by atoms with Gasteiger partial charge in [-0.3, -0.25) is 0 Å². The Labute approximate surface area is 127 Å². The Morgan fingerprint density at radius 1 is 1.15 bits per heavy atom. The summed E-state index contributed by atoms with van der Waals surface area (Å²) in [7, 11) is 1.74. The predicted molar refractivity (Wildman–Crippen MR) is 86.7 cm³/mol. The number of anilines is 1. The average molecular weight is 330 g/mol. The second kappa shape index (κ2) is 5.81. The van der Waals surface area contributed by atoms with E-state index in [4.69, 9.17) is 4.74 Å². The van der Waals surface area contributed by atoms with Crippen molar-refractivity contribution in [3.05, 3.63) is 69.7 Å². The quantitative estimate of drug-likeness (QED) is 0.896. The Hall–Kier alpha value is -1.58. The van der Waals surface area contributed by atoms with Crippen LogP contribution in [-0.4, -0.2) is 13.3 Å². The molecule has 1 atom stereocenters. The molecular formula is C17H16BrNO. The van der Waals surface area contributed by atoms with Crippen LogP contribution in [0.25, 0.3) is 6.08 Å². The van der Waals surface area contributed by atoms with Gasteiger partial charge in [-0.2, -0.15) is 0 Å². The number of hydrogen-bond donors (Lipinski definition) is 1. The molecular weight excluding hydrogens is 314 g/mol. The molecule has 2 aromatic carbocycles. The molecule has 1 aliphatic rings. The van der Waals surface area contributed by atoms with Gasteiger partial charge in [0.15, 0.2) is 0 Å². The lowest BCUT2D eigenvalue weighted by Gasteiger charge is -2.27. The third kappa shape index (κ3) is 2.79. The van der Waals surface area contributed by atoms with Gasteiger partial charge in [0.25, 0.3) is 0 Å². The van der Waals surface area contributed by atoms with Crippen LogP contribution < -0.4 is 5.32 Å². The molecule has 0 fully saturated rings. The lowest BCUT2D eigenvalue weighted by Crippen LogP contribution is -2.28. The maximum Gasteiger partial charge on any atom is 0.150 e. The fourth-order valence-electron chi connectivity index (χ4n) is 2.48. The fourth-order valence-corrected chi connectivity index (χ4v) is 2.86. The van der Waals surface area contributed by atoms with Gasteiger partial charge >= 0.3 is 0 Å². The summed E-state index contributed by atoms with van der Waals surface area (Å²) in [5.74, 6) is 0. The molecule has 0 bridgehead atoms. The zero-order valence-electron chi connectivity index (χ0n) is 11.3. The molecule has 1 heterocycles. The van der Waals surface area contributed by atoms with E-state index in [9.17, 15) is 0 Å². The van der Waals surface area contributed by atoms with Crippen molar-refractivity contribution in [2.24, 2.45) is 0 Å². The number of ether oxygens (including phenoxy) is 1. The molecule has 0 spiro atoms. The number of fused-ring (bicyclic) bond motifs is 1. The summed E-state index contributed by atoms with van der Waals surface area (Å²) in [5.41, 5.74) is 4.83. The summed E-state index contributed by atoms with van der Waals surface area (Å²) in [6.07, 6.45) is 3.04. The minimum absolute atomic E-state index is 0.0659. The van der Waals surface area contributed by atoms with Crippen molar-refractivity contribution in [1.29, 1.82) is 0 Å². The van der Waals surface area contributed by atoms with Crippen molar-refractivity contribution < 1.29 is 4.74 Å². The monoisotopic (exact) mass is 329 g/mol. The summed E-state index contributed by atoms with van der Waals surface area (Å²) < 4.78 is 6.66. The number of benzene rings is 2. The minimum Gasteiger partial charge on any atom is -0.358 e.